The standard InChI is InChI=1S/C19H33NO3/c1-15(2)6-5-7-16(3)20-12-18(21)14-23-13-17-8-10-19(22-4)11-9-17/h8-11,15-16,18,20-21H,5-7,12-14H2,1-4H3/t16-,18-/m1/s1. The minimum Gasteiger partial charge on any atom is -0.497 e. The van der Waals surface area contributed by atoms with Crippen LogP contribution in [0.3, 0.4) is 0 Å². The van der Waals surface area contributed by atoms with E-state index in [1.54, 1.807) is 7.11 Å². The highest BCUT2D eigenvalue weighted by molar-refractivity contribution is 5.26. The van der Waals surface area contributed by atoms with E-state index in [0.717, 1.165) is 23.7 Å². The van der Waals surface area contributed by atoms with Crippen LogP contribution >= 0.6 is 0 Å². The second-order valence-electron chi connectivity index (χ2n) is 6.65. The molecule has 0 aliphatic carbocycles. The van der Waals surface area contributed by atoms with E-state index in [1.165, 1.54) is 12.8 Å². The van der Waals surface area contributed by atoms with Gasteiger partial charge in [-0.15, -0.1) is 0 Å². The Kier molecular flexibility index (Phi) is 9.92. The summed E-state index contributed by atoms with van der Waals surface area (Å²) in [5.41, 5.74) is 1.08. The summed E-state index contributed by atoms with van der Waals surface area (Å²) in [6.07, 6.45) is 3.17. The van der Waals surface area contributed by atoms with Gasteiger partial charge in [-0.25, -0.2) is 0 Å². The van der Waals surface area contributed by atoms with Crippen LogP contribution in [0, 0.1) is 5.92 Å². The maximum atomic E-state index is 9.96. The molecule has 0 unspecified atom stereocenters. The number of nitrogens with one attached hydrogen (secondary N) is 1. The molecule has 0 bridgehead atoms. The van der Waals surface area contributed by atoms with E-state index in [1.807, 2.05) is 24.3 Å². The minimum absolute atomic E-state index is 0.345. The highest BCUT2D eigenvalue weighted by atomic mass is 16.5. The summed E-state index contributed by atoms with van der Waals surface area (Å²) in [6, 6.07) is 8.20. The molecule has 4 heteroatoms. The zero-order valence-corrected chi connectivity index (χ0v) is 15.0. The fraction of sp³-hybridized carbons (Fsp3) is 0.684. The van der Waals surface area contributed by atoms with Gasteiger partial charge in [-0.3, -0.25) is 0 Å². The van der Waals surface area contributed by atoms with E-state index in [-0.39, 0.29) is 0 Å². The number of hydrogen-bond acceptors (Lipinski definition) is 4. The zero-order chi connectivity index (χ0) is 17.1. The molecule has 0 saturated heterocycles. The van der Waals surface area contributed by atoms with Crippen LogP contribution in [-0.4, -0.2) is 37.5 Å². The number of methoxy groups -OCH3 is 1. The molecule has 1 aromatic rings. The van der Waals surface area contributed by atoms with Crippen molar-refractivity contribution in [2.45, 2.75) is 58.8 Å². The summed E-state index contributed by atoms with van der Waals surface area (Å²) < 4.78 is 10.7. The average molecular weight is 323 g/mol. The van der Waals surface area contributed by atoms with Gasteiger partial charge in [0.15, 0.2) is 0 Å². The largest absolute Gasteiger partial charge is 0.497 e. The van der Waals surface area contributed by atoms with Gasteiger partial charge in [-0.1, -0.05) is 38.8 Å². The maximum absolute atomic E-state index is 9.96. The molecule has 0 spiro atoms. The van der Waals surface area contributed by atoms with Crippen LogP contribution in [-0.2, 0) is 11.3 Å². The first-order chi connectivity index (χ1) is 11.0. The van der Waals surface area contributed by atoms with Crippen molar-refractivity contribution in [2.24, 2.45) is 5.92 Å². The van der Waals surface area contributed by atoms with Crippen molar-refractivity contribution >= 4 is 0 Å². The van der Waals surface area contributed by atoms with Gasteiger partial charge in [-0.05, 0) is 37.0 Å². The number of aliphatic hydroxyl groups is 1. The predicted octanol–water partition coefficient (Wildman–Crippen LogP) is 3.38. The van der Waals surface area contributed by atoms with Crippen LogP contribution in [0.15, 0.2) is 24.3 Å². The lowest BCUT2D eigenvalue weighted by Gasteiger charge is -2.17. The number of ether oxygens (including phenoxy) is 2. The summed E-state index contributed by atoms with van der Waals surface area (Å²) in [4.78, 5) is 0. The Morgan fingerprint density at radius 1 is 1.09 bits per heavy atom. The van der Waals surface area contributed by atoms with Gasteiger partial charge in [0.05, 0.1) is 26.4 Å². The van der Waals surface area contributed by atoms with Gasteiger partial charge in [-0.2, -0.15) is 0 Å². The summed E-state index contributed by atoms with van der Waals surface area (Å²) >= 11 is 0. The van der Waals surface area contributed by atoms with Crippen LogP contribution < -0.4 is 10.1 Å². The molecule has 4 nitrogen and oxygen atoms in total. The first kappa shape index (κ1) is 19.9. The first-order valence-electron chi connectivity index (χ1n) is 8.63. The van der Waals surface area contributed by atoms with E-state index in [0.29, 0.717) is 25.8 Å². The van der Waals surface area contributed by atoms with Crippen molar-refractivity contribution in [3.05, 3.63) is 29.8 Å². The first-order valence-corrected chi connectivity index (χ1v) is 8.63. The molecule has 23 heavy (non-hydrogen) atoms. The van der Waals surface area contributed by atoms with Crippen LogP contribution in [0.5, 0.6) is 5.75 Å². The Bertz CT molecular complexity index is 406. The molecule has 132 valence electrons. The van der Waals surface area contributed by atoms with Gasteiger partial charge >= 0.3 is 0 Å². The van der Waals surface area contributed by atoms with Crippen molar-refractivity contribution in [3.8, 4) is 5.75 Å². The molecule has 1 rings (SSSR count). The third kappa shape index (κ3) is 9.59. The highest BCUT2D eigenvalue weighted by Gasteiger charge is 2.08. The molecule has 2 atom stereocenters. The Balaban J connectivity index is 2.10. The quantitative estimate of drug-likeness (QED) is 0.619. The Labute approximate surface area is 141 Å². The van der Waals surface area contributed by atoms with Gasteiger partial charge in [0.2, 0.25) is 0 Å². The van der Waals surface area contributed by atoms with Crippen LogP contribution in [0.1, 0.15) is 45.6 Å². The van der Waals surface area contributed by atoms with Crippen molar-refractivity contribution in [3.63, 3.8) is 0 Å². The number of rotatable bonds is 12. The van der Waals surface area contributed by atoms with E-state index in [4.69, 9.17) is 9.47 Å². The topological polar surface area (TPSA) is 50.7 Å². The van der Waals surface area contributed by atoms with Gasteiger partial charge in [0.1, 0.15) is 5.75 Å². The third-order valence-electron chi connectivity index (χ3n) is 3.86. The molecule has 0 amide bonds. The smallest absolute Gasteiger partial charge is 0.118 e. The molecule has 2 N–H and O–H groups in total. The van der Waals surface area contributed by atoms with Gasteiger partial charge < -0.3 is 19.9 Å². The lowest BCUT2D eigenvalue weighted by Crippen LogP contribution is -2.35. The van der Waals surface area contributed by atoms with Crippen LogP contribution in [0.25, 0.3) is 0 Å². The molecular formula is C19H33NO3. The normalized spacial score (nSPS) is 14.0. The fourth-order valence-electron chi connectivity index (χ4n) is 2.37. The van der Waals surface area contributed by atoms with Crippen LogP contribution in [0.4, 0.5) is 0 Å². The second-order valence-corrected chi connectivity index (χ2v) is 6.65. The van der Waals surface area contributed by atoms with Crippen molar-refractivity contribution in [1.29, 1.82) is 0 Å². The average Bonchev–Trinajstić information content (AvgIpc) is 2.53. The summed E-state index contributed by atoms with van der Waals surface area (Å²) in [7, 11) is 1.65. The predicted molar refractivity (Wildman–Crippen MR) is 94.8 cm³/mol. The molecule has 0 saturated carbocycles. The Morgan fingerprint density at radius 2 is 1.78 bits per heavy atom. The molecule has 0 aromatic heterocycles. The third-order valence-corrected chi connectivity index (χ3v) is 3.86. The number of aliphatic hydroxyl groups excluding tert-OH is 1. The molecule has 0 fully saturated rings. The number of hydrogen-bond donors (Lipinski definition) is 2. The summed E-state index contributed by atoms with van der Waals surface area (Å²) in [5, 5.41) is 13.3. The van der Waals surface area contributed by atoms with E-state index >= 15 is 0 Å². The van der Waals surface area contributed by atoms with Crippen molar-refractivity contribution in [1.82, 2.24) is 5.32 Å². The van der Waals surface area contributed by atoms with Gasteiger partial charge in [0, 0.05) is 12.6 Å². The van der Waals surface area contributed by atoms with E-state index in [2.05, 4.69) is 26.1 Å². The van der Waals surface area contributed by atoms with Gasteiger partial charge in [0.25, 0.3) is 0 Å². The minimum atomic E-state index is -0.471. The van der Waals surface area contributed by atoms with Crippen LogP contribution in [0.2, 0.25) is 0 Å². The summed E-state index contributed by atoms with van der Waals surface area (Å²) in [5.74, 6) is 1.60. The van der Waals surface area contributed by atoms with Crippen molar-refractivity contribution < 1.29 is 14.6 Å². The maximum Gasteiger partial charge on any atom is 0.118 e. The molecule has 1 aromatic carbocycles. The summed E-state index contributed by atoms with van der Waals surface area (Å²) in [6.45, 7) is 8.10. The molecule has 0 aliphatic heterocycles. The zero-order valence-electron chi connectivity index (χ0n) is 15.0. The monoisotopic (exact) mass is 323 g/mol. The molecule has 0 aliphatic rings. The number of benzene rings is 1. The Morgan fingerprint density at radius 3 is 2.39 bits per heavy atom. The SMILES string of the molecule is COc1ccc(COC[C@H](O)CN[C@H](C)CCCC(C)C)cc1. The second kappa shape index (κ2) is 11.4. The Hall–Kier alpha value is -1.10. The van der Waals surface area contributed by atoms with E-state index in [9.17, 15) is 5.11 Å². The molecule has 0 heterocycles. The molecule has 0 radical (unpaired) electrons. The fourth-order valence-corrected chi connectivity index (χ4v) is 2.37. The highest BCUT2D eigenvalue weighted by Crippen LogP contribution is 2.12. The lowest BCUT2D eigenvalue weighted by molar-refractivity contribution is 0.0277. The van der Waals surface area contributed by atoms with Crippen molar-refractivity contribution in [2.75, 3.05) is 20.3 Å². The molecular weight excluding hydrogens is 290 g/mol. The van der Waals surface area contributed by atoms with E-state index < -0.39 is 6.10 Å². The lowest BCUT2D eigenvalue weighted by atomic mass is 10.0.